The minimum atomic E-state index is -3.59. The summed E-state index contributed by atoms with van der Waals surface area (Å²) in [6, 6.07) is -2.51. The van der Waals surface area contributed by atoms with Gasteiger partial charge >= 0.3 is 5.97 Å². The van der Waals surface area contributed by atoms with Crippen LogP contribution in [0.5, 0.6) is 0 Å². The monoisotopic (exact) mass is 328 g/mol. The molecule has 0 saturated heterocycles. The van der Waals surface area contributed by atoms with Crippen LogP contribution in [0.3, 0.4) is 0 Å². The van der Waals surface area contributed by atoms with Crippen LogP contribution in [-0.4, -0.2) is 67.0 Å². The highest BCUT2D eigenvalue weighted by atomic mass is 32.2. The maximum Gasteiger partial charge on any atom is 0.328 e. The van der Waals surface area contributed by atoms with Crippen molar-refractivity contribution in [3.05, 3.63) is 0 Å². The van der Waals surface area contributed by atoms with E-state index in [1.54, 1.807) is 6.26 Å². The summed E-state index contributed by atoms with van der Waals surface area (Å²) in [5, 5.41) is 19.7. The van der Waals surface area contributed by atoms with Gasteiger partial charge in [-0.15, -0.1) is 0 Å². The van der Waals surface area contributed by atoms with Gasteiger partial charge in [-0.1, -0.05) is 0 Å². The molecular weight excluding hydrogens is 308 g/mol. The highest BCUT2D eigenvalue weighted by Gasteiger charge is 2.27. The number of hydrogen-bond acceptors (Lipinski definition) is 6. The van der Waals surface area contributed by atoms with Crippen molar-refractivity contribution in [2.75, 3.05) is 24.4 Å². The fourth-order valence-electron chi connectivity index (χ4n) is 1.24. The molecule has 0 bridgehead atoms. The standard InChI is InChI=1S/C10H20N2O6S2/c1-3-20(17,18)12-7(4-5-19-2)9(14)11-8(6-13)10(15)16/h7-8,12-13H,3-6H2,1-2H3,(H,11,14)(H,15,16). The molecule has 118 valence electrons. The molecule has 0 aliphatic rings. The van der Waals surface area contributed by atoms with E-state index in [4.69, 9.17) is 10.2 Å². The molecule has 20 heavy (non-hydrogen) atoms. The summed E-state index contributed by atoms with van der Waals surface area (Å²) >= 11 is 1.43. The van der Waals surface area contributed by atoms with Crippen molar-refractivity contribution < 1.29 is 28.2 Å². The molecule has 10 heteroatoms. The van der Waals surface area contributed by atoms with Gasteiger partial charge in [-0.3, -0.25) is 4.79 Å². The van der Waals surface area contributed by atoms with E-state index in [0.717, 1.165) is 0 Å². The predicted octanol–water partition coefficient (Wildman–Crippen LogP) is -1.39. The Bertz CT molecular complexity index is 425. The molecular formula is C10H20N2O6S2. The molecule has 0 aromatic heterocycles. The van der Waals surface area contributed by atoms with Gasteiger partial charge in [-0.25, -0.2) is 17.9 Å². The van der Waals surface area contributed by atoms with Gasteiger partial charge in [0, 0.05) is 0 Å². The molecule has 0 aliphatic heterocycles. The van der Waals surface area contributed by atoms with Gasteiger partial charge in [-0.2, -0.15) is 11.8 Å². The van der Waals surface area contributed by atoms with Crippen molar-refractivity contribution in [3.8, 4) is 0 Å². The van der Waals surface area contributed by atoms with Crippen LogP contribution in [0.1, 0.15) is 13.3 Å². The second kappa shape index (κ2) is 9.16. The number of aliphatic hydroxyl groups is 1. The minimum Gasteiger partial charge on any atom is -0.480 e. The third-order valence-corrected chi connectivity index (χ3v) is 4.47. The van der Waals surface area contributed by atoms with E-state index in [1.807, 2.05) is 0 Å². The Kier molecular flexibility index (Phi) is 8.78. The first kappa shape index (κ1) is 19.2. The Morgan fingerprint density at radius 1 is 1.30 bits per heavy atom. The topological polar surface area (TPSA) is 133 Å². The fourth-order valence-corrected chi connectivity index (χ4v) is 2.53. The van der Waals surface area contributed by atoms with Gasteiger partial charge in [-0.05, 0) is 25.4 Å². The second-order valence-corrected chi connectivity index (χ2v) is 6.97. The molecule has 0 radical (unpaired) electrons. The third-order valence-electron chi connectivity index (χ3n) is 2.43. The number of aliphatic carboxylic acids is 1. The van der Waals surface area contributed by atoms with Crippen molar-refractivity contribution in [1.82, 2.24) is 10.0 Å². The Balaban J connectivity index is 4.84. The lowest BCUT2D eigenvalue weighted by Crippen LogP contribution is -2.53. The molecule has 2 atom stereocenters. The number of thioether (sulfide) groups is 1. The lowest BCUT2D eigenvalue weighted by molar-refractivity contribution is -0.143. The van der Waals surface area contributed by atoms with Gasteiger partial charge < -0.3 is 15.5 Å². The zero-order valence-electron chi connectivity index (χ0n) is 11.3. The van der Waals surface area contributed by atoms with Crippen molar-refractivity contribution in [3.63, 3.8) is 0 Å². The van der Waals surface area contributed by atoms with Gasteiger partial charge in [0.15, 0.2) is 0 Å². The first-order valence-corrected chi connectivity index (χ1v) is 8.95. The number of carboxylic acids is 1. The van der Waals surface area contributed by atoms with Gasteiger partial charge in [0.25, 0.3) is 0 Å². The molecule has 0 aromatic carbocycles. The first-order chi connectivity index (χ1) is 9.27. The average molecular weight is 328 g/mol. The van der Waals surface area contributed by atoms with E-state index in [2.05, 4.69) is 10.0 Å². The zero-order chi connectivity index (χ0) is 15.8. The van der Waals surface area contributed by atoms with Gasteiger partial charge in [0.2, 0.25) is 15.9 Å². The Morgan fingerprint density at radius 3 is 2.30 bits per heavy atom. The number of amides is 1. The average Bonchev–Trinajstić information content (AvgIpc) is 2.39. The maximum atomic E-state index is 11.9. The van der Waals surface area contributed by atoms with Crippen LogP contribution in [-0.2, 0) is 19.6 Å². The van der Waals surface area contributed by atoms with E-state index in [9.17, 15) is 18.0 Å². The third kappa shape index (κ3) is 7.08. The van der Waals surface area contributed by atoms with Crippen molar-refractivity contribution in [1.29, 1.82) is 0 Å². The highest BCUT2D eigenvalue weighted by molar-refractivity contribution is 7.98. The molecule has 0 fully saturated rings. The van der Waals surface area contributed by atoms with Crippen LogP contribution in [0.25, 0.3) is 0 Å². The lowest BCUT2D eigenvalue weighted by atomic mass is 10.2. The van der Waals surface area contributed by atoms with Crippen molar-refractivity contribution in [2.45, 2.75) is 25.4 Å². The fraction of sp³-hybridized carbons (Fsp3) is 0.800. The summed E-state index contributed by atoms with van der Waals surface area (Å²) in [5.41, 5.74) is 0. The van der Waals surface area contributed by atoms with E-state index < -0.39 is 40.6 Å². The molecule has 0 saturated carbocycles. The summed E-state index contributed by atoms with van der Waals surface area (Å²) in [6.45, 7) is 0.663. The molecule has 2 unspecified atom stereocenters. The minimum absolute atomic E-state index is 0.182. The first-order valence-electron chi connectivity index (χ1n) is 5.90. The Morgan fingerprint density at radius 2 is 1.90 bits per heavy atom. The second-order valence-electron chi connectivity index (χ2n) is 3.94. The van der Waals surface area contributed by atoms with Crippen molar-refractivity contribution in [2.24, 2.45) is 0 Å². The molecule has 1 amide bonds. The number of rotatable bonds is 10. The summed E-state index contributed by atoms with van der Waals surface area (Å²) in [4.78, 5) is 22.6. The van der Waals surface area contributed by atoms with Crippen molar-refractivity contribution >= 4 is 33.7 Å². The molecule has 0 heterocycles. The number of aliphatic hydroxyl groups excluding tert-OH is 1. The lowest BCUT2D eigenvalue weighted by Gasteiger charge is -2.20. The van der Waals surface area contributed by atoms with Crippen LogP contribution in [0, 0.1) is 0 Å². The van der Waals surface area contributed by atoms with Gasteiger partial charge in [0.1, 0.15) is 12.1 Å². The van der Waals surface area contributed by atoms with Crippen LogP contribution < -0.4 is 10.0 Å². The van der Waals surface area contributed by atoms with E-state index in [0.29, 0.717) is 5.75 Å². The molecule has 4 N–H and O–H groups in total. The van der Waals surface area contributed by atoms with Crippen LogP contribution in [0.15, 0.2) is 0 Å². The Hall–Kier alpha value is -0.840. The quantitative estimate of drug-likeness (QED) is 0.388. The maximum absolute atomic E-state index is 11.9. The molecule has 0 rings (SSSR count). The highest BCUT2D eigenvalue weighted by Crippen LogP contribution is 2.03. The summed E-state index contributed by atoms with van der Waals surface area (Å²) in [7, 11) is -3.59. The van der Waals surface area contributed by atoms with Crippen LogP contribution >= 0.6 is 11.8 Å². The van der Waals surface area contributed by atoms with Gasteiger partial charge in [0.05, 0.1) is 12.4 Å². The molecule has 8 nitrogen and oxygen atoms in total. The van der Waals surface area contributed by atoms with E-state index in [-0.39, 0.29) is 12.2 Å². The van der Waals surface area contributed by atoms with Crippen LogP contribution in [0.2, 0.25) is 0 Å². The zero-order valence-corrected chi connectivity index (χ0v) is 13.0. The predicted molar refractivity (Wildman–Crippen MR) is 76.0 cm³/mol. The molecule has 0 aromatic rings. The number of hydrogen-bond donors (Lipinski definition) is 4. The van der Waals surface area contributed by atoms with E-state index in [1.165, 1.54) is 18.7 Å². The summed E-state index contributed by atoms with van der Waals surface area (Å²) in [5.74, 6) is -1.81. The number of carbonyl (C=O) groups excluding carboxylic acids is 1. The van der Waals surface area contributed by atoms with E-state index >= 15 is 0 Å². The number of sulfonamides is 1. The smallest absolute Gasteiger partial charge is 0.328 e. The number of nitrogens with one attached hydrogen (secondary N) is 2. The summed E-state index contributed by atoms with van der Waals surface area (Å²) < 4.78 is 25.2. The molecule has 0 spiro atoms. The number of carbonyl (C=O) groups is 2. The number of carboxylic acid groups (broad SMARTS) is 1. The van der Waals surface area contributed by atoms with Crippen LogP contribution in [0.4, 0.5) is 0 Å². The normalized spacial score (nSPS) is 14.6. The Labute approximate surface area is 122 Å². The summed E-state index contributed by atoms with van der Waals surface area (Å²) in [6.07, 6.45) is 2.03. The molecule has 0 aliphatic carbocycles. The largest absolute Gasteiger partial charge is 0.480 e. The SMILES string of the molecule is CCS(=O)(=O)NC(CCSC)C(=O)NC(CO)C(=O)O.